The maximum absolute atomic E-state index is 12.9. The summed E-state index contributed by atoms with van der Waals surface area (Å²) in [4.78, 5) is 21.4. The van der Waals surface area contributed by atoms with Crippen molar-refractivity contribution in [2.45, 2.75) is 33.4 Å². The minimum atomic E-state index is -0.222. The highest BCUT2D eigenvalue weighted by Crippen LogP contribution is 2.25. The highest BCUT2D eigenvalue weighted by atomic mass is 16.5. The number of aromatic nitrogens is 3. The Balaban J connectivity index is 1.80. The van der Waals surface area contributed by atoms with E-state index in [-0.39, 0.29) is 12.0 Å². The molecule has 0 bridgehead atoms. The second kappa shape index (κ2) is 7.45. The van der Waals surface area contributed by atoms with Crippen LogP contribution < -0.4 is 4.90 Å². The molecule has 0 aliphatic carbocycles. The van der Waals surface area contributed by atoms with Gasteiger partial charge in [-0.2, -0.15) is 5.10 Å². The Kier molecular flexibility index (Phi) is 5.27. The lowest BCUT2D eigenvalue weighted by Gasteiger charge is -2.32. The average molecular weight is 357 g/mol. The van der Waals surface area contributed by atoms with E-state index in [4.69, 9.17) is 4.74 Å². The van der Waals surface area contributed by atoms with Crippen molar-refractivity contribution < 1.29 is 9.53 Å². The number of pyridine rings is 1. The van der Waals surface area contributed by atoms with E-state index in [9.17, 15) is 4.79 Å². The average Bonchev–Trinajstić information content (AvgIpc) is 3.01. The number of anilines is 1. The molecule has 1 aliphatic heterocycles. The molecule has 1 unspecified atom stereocenters. The highest BCUT2D eigenvalue weighted by Gasteiger charge is 2.28. The van der Waals surface area contributed by atoms with Gasteiger partial charge in [-0.3, -0.25) is 14.5 Å². The zero-order valence-electron chi connectivity index (χ0n) is 16.2. The topological polar surface area (TPSA) is 63.5 Å². The number of amides is 1. The highest BCUT2D eigenvalue weighted by molar-refractivity contribution is 5.92. The van der Waals surface area contributed by atoms with Gasteiger partial charge in [-0.25, -0.2) is 0 Å². The van der Waals surface area contributed by atoms with Crippen LogP contribution in [-0.4, -0.2) is 59.4 Å². The van der Waals surface area contributed by atoms with Gasteiger partial charge in [-0.15, -0.1) is 0 Å². The van der Waals surface area contributed by atoms with Crippen LogP contribution in [0.4, 0.5) is 5.69 Å². The van der Waals surface area contributed by atoms with Gasteiger partial charge in [0.25, 0.3) is 5.91 Å². The molecule has 2 aromatic heterocycles. The fraction of sp³-hybridized carbons (Fsp3) is 0.526. The van der Waals surface area contributed by atoms with Gasteiger partial charge in [0.15, 0.2) is 5.69 Å². The number of carbonyl (C=O) groups excluding carboxylic acids is 1. The molecule has 140 valence electrons. The van der Waals surface area contributed by atoms with Gasteiger partial charge in [0, 0.05) is 44.3 Å². The fourth-order valence-electron chi connectivity index (χ4n) is 3.21. The zero-order valence-corrected chi connectivity index (χ0v) is 16.2. The van der Waals surface area contributed by atoms with Gasteiger partial charge >= 0.3 is 0 Å². The summed E-state index contributed by atoms with van der Waals surface area (Å²) >= 11 is 0. The number of ether oxygens (including phenoxy) is 1. The molecule has 1 amide bonds. The van der Waals surface area contributed by atoms with Crippen LogP contribution in [0.25, 0.3) is 0 Å². The standard InChI is InChI=1S/C19H27N5O2/c1-6-24-14(3)10-17(21-24)19(25)23-7-8-26-18(12-23)16-11-15(22(4)5)9-13(2)20-16/h9-11,18H,6-8,12H2,1-5H3. The van der Waals surface area contributed by atoms with Crippen LogP contribution in [0, 0.1) is 13.8 Å². The van der Waals surface area contributed by atoms with Crippen LogP contribution in [0.3, 0.4) is 0 Å². The Hall–Kier alpha value is -2.41. The summed E-state index contributed by atoms with van der Waals surface area (Å²) in [5, 5.41) is 4.41. The molecule has 1 fully saturated rings. The van der Waals surface area contributed by atoms with Crippen LogP contribution in [0.5, 0.6) is 0 Å². The van der Waals surface area contributed by atoms with Crippen molar-refractivity contribution in [1.29, 1.82) is 0 Å². The summed E-state index contributed by atoms with van der Waals surface area (Å²) in [6.07, 6.45) is -0.222. The lowest BCUT2D eigenvalue weighted by molar-refractivity contribution is -0.0249. The lowest BCUT2D eigenvalue weighted by atomic mass is 10.1. The van der Waals surface area contributed by atoms with Crippen molar-refractivity contribution in [3.05, 3.63) is 41.0 Å². The molecular weight excluding hydrogens is 330 g/mol. The first kappa shape index (κ1) is 18.4. The molecule has 2 aromatic rings. The summed E-state index contributed by atoms with van der Waals surface area (Å²) in [5.41, 5.74) is 4.38. The van der Waals surface area contributed by atoms with Gasteiger partial charge in [0.05, 0.1) is 18.8 Å². The fourth-order valence-corrected chi connectivity index (χ4v) is 3.21. The van der Waals surface area contributed by atoms with Crippen LogP contribution in [0.15, 0.2) is 18.2 Å². The Morgan fingerprint density at radius 3 is 2.73 bits per heavy atom. The SMILES string of the molecule is CCn1nc(C(=O)N2CCOC(c3cc(N(C)C)cc(C)n3)C2)cc1C. The van der Waals surface area contributed by atoms with E-state index in [0.717, 1.165) is 29.3 Å². The Morgan fingerprint density at radius 2 is 2.08 bits per heavy atom. The monoisotopic (exact) mass is 357 g/mol. The van der Waals surface area contributed by atoms with E-state index in [1.807, 2.05) is 67.5 Å². The normalized spacial score (nSPS) is 17.4. The van der Waals surface area contributed by atoms with Crippen LogP contribution >= 0.6 is 0 Å². The predicted octanol–water partition coefficient (Wildman–Crippen LogP) is 2.19. The molecule has 7 heteroatoms. The van der Waals surface area contributed by atoms with Crippen LogP contribution in [-0.2, 0) is 11.3 Å². The maximum Gasteiger partial charge on any atom is 0.274 e. The van der Waals surface area contributed by atoms with Crippen molar-refractivity contribution in [3.63, 3.8) is 0 Å². The van der Waals surface area contributed by atoms with E-state index in [1.54, 1.807) is 0 Å². The number of aryl methyl sites for hydroxylation is 3. The van der Waals surface area contributed by atoms with E-state index in [0.29, 0.717) is 25.4 Å². The third-order valence-corrected chi connectivity index (χ3v) is 4.66. The summed E-state index contributed by atoms with van der Waals surface area (Å²) in [6, 6.07) is 5.92. The number of carbonyl (C=O) groups is 1. The van der Waals surface area contributed by atoms with Crippen LogP contribution in [0.1, 0.15) is 40.6 Å². The van der Waals surface area contributed by atoms with Crippen molar-refractivity contribution in [2.24, 2.45) is 0 Å². The quantitative estimate of drug-likeness (QED) is 0.839. The van der Waals surface area contributed by atoms with Gasteiger partial charge in [-0.1, -0.05) is 0 Å². The van der Waals surface area contributed by atoms with Crippen molar-refractivity contribution >= 4 is 11.6 Å². The second-order valence-corrected chi connectivity index (χ2v) is 6.88. The van der Waals surface area contributed by atoms with Gasteiger partial charge in [0.2, 0.25) is 0 Å². The molecule has 3 heterocycles. The molecular formula is C19H27N5O2. The van der Waals surface area contributed by atoms with Gasteiger partial charge in [0.1, 0.15) is 6.10 Å². The van der Waals surface area contributed by atoms with Crippen molar-refractivity contribution in [1.82, 2.24) is 19.7 Å². The van der Waals surface area contributed by atoms with Crippen molar-refractivity contribution in [3.8, 4) is 0 Å². The first-order valence-corrected chi connectivity index (χ1v) is 9.00. The molecule has 3 rings (SSSR count). The van der Waals surface area contributed by atoms with Crippen molar-refractivity contribution in [2.75, 3.05) is 38.7 Å². The largest absolute Gasteiger partial charge is 0.378 e. The third-order valence-electron chi connectivity index (χ3n) is 4.66. The number of rotatable bonds is 4. The molecule has 0 radical (unpaired) electrons. The molecule has 0 spiro atoms. The molecule has 0 saturated carbocycles. The molecule has 0 N–H and O–H groups in total. The summed E-state index contributed by atoms with van der Waals surface area (Å²) in [7, 11) is 4.00. The van der Waals surface area contributed by atoms with E-state index in [1.165, 1.54) is 0 Å². The van der Waals surface area contributed by atoms with E-state index >= 15 is 0 Å². The second-order valence-electron chi connectivity index (χ2n) is 6.88. The minimum Gasteiger partial charge on any atom is -0.378 e. The maximum atomic E-state index is 12.9. The minimum absolute atomic E-state index is 0.0471. The third kappa shape index (κ3) is 3.72. The Labute approximate surface area is 154 Å². The number of hydrogen-bond donors (Lipinski definition) is 0. The Bertz CT molecular complexity index is 799. The first-order valence-electron chi connectivity index (χ1n) is 9.00. The molecule has 1 aliphatic rings. The molecule has 7 nitrogen and oxygen atoms in total. The molecule has 26 heavy (non-hydrogen) atoms. The van der Waals surface area contributed by atoms with Crippen LogP contribution in [0.2, 0.25) is 0 Å². The molecule has 1 saturated heterocycles. The zero-order chi connectivity index (χ0) is 18.8. The van der Waals surface area contributed by atoms with E-state index in [2.05, 4.69) is 10.1 Å². The van der Waals surface area contributed by atoms with E-state index < -0.39 is 0 Å². The first-order chi connectivity index (χ1) is 12.4. The predicted molar refractivity (Wildman–Crippen MR) is 101 cm³/mol. The van der Waals surface area contributed by atoms with Gasteiger partial charge in [-0.05, 0) is 39.0 Å². The molecule has 1 atom stereocenters. The Morgan fingerprint density at radius 1 is 1.31 bits per heavy atom. The summed E-state index contributed by atoms with van der Waals surface area (Å²) in [6.45, 7) is 8.27. The van der Waals surface area contributed by atoms with Gasteiger partial charge < -0.3 is 14.5 Å². The smallest absolute Gasteiger partial charge is 0.274 e. The molecule has 0 aromatic carbocycles. The number of hydrogen-bond acceptors (Lipinski definition) is 5. The summed E-state index contributed by atoms with van der Waals surface area (Å²) < 4.78 is 7.76. The summed E-state index contributed by atoms with van der Waals surface area (Å²) in [5.74, 6) is -0.0471. The lowest BCUT2D eigenvalue weighted by Crippen LogP contribution is -2.42. The number of nitrogens with zero attached hydrogens (tertiary/aromatic N) is 5. The number of morpholine rings is 1.